The fraction of sp³-hybridized carbons (Fsp3) is 0.857. The van der Waals surface area contributed by atoms with Crippen molar-refractivity contribution in [1.29, 1.82) is 0 Å². The number of likely N-dealkylation sites (tertiary alicyclic amines) is 1. The van der Waals surface area contributed by atoms with Crippen molar-refractivity contribution in [3.05, 3.63) is 0 Å². The third-order valence-electron chi connectivity index (χ3n) is 4.42. The standard InChI is InChI=1S/C14H23NO4/c1-9-5-8-19-10(9)12(16)15-7-4-6-14(2,3)11(15)13(17)18/h9-11H,4-8H2,1-3H3,(H,17,18). The molecule has 5 heteroatoms. The van der Waals surface area contributed by atoms with Crippen molar-refractivity contribution in [3.63, 3.8) is 0 Å². The van der Waals surface area contributed by atoms with Crippen molar-refractivity contribution in [2.24, 2.45) is 11.3 Å². The average molecular weight is 269 g/mol. The van der Waals surface area contributed by atoms with Crippen LogP contribution in [-0.2, 0) is 14.3 Å². The predicted octanol–water partition coefficient (Wildman–Crippen LogP) is 1.51. The maximum absolute atomic E-state index is 12.6. The summed E-state index contributed by atoms with van der Waals surface area (Å²) in [7, 11) is 0. The molecule has 2 heterocycles. The van der Waals surface area contributed by atoms with Gasteiger partial charge in [-0.05, 0) is 30.6 Å². The molecule has 1 N–H and O–H groups in total. The number of carboxylic acids is 1. The van der Waals surface area contributed by atoms with Gasteiger partial charge in [-0.25, -0.2) is 4.79 Å². The topological polar surface area (TPSA) is 66.8 Å². The van der Waals surface area contributed by atoms with E-state index in [-0.39, 0.29) is 17.2 Å². The number of piperidine rings is 1. The van der Waals surface area contributed by atoms with E-state index in [1.807, 2.05) is 20.8 Å². The molecule has 0 bridgehead atoms. The zero-order chi connectivity index (χ0) is 14.2. The van der Waals surface area contributed by atoms with Gasteiger partial charge < -0.3 is 14.7 Å². The fourth-order valence-corrected chi connectivity index (χ4v) is 3.27. The van der Waals surface area contributed by atoms with Crippen molar-refractivity contribution >= 4 is 11.9 Å². The smallest absolute Gasteiger partial charge is 0.326 e. The van der Waals surface area contributed by atoms with Gasteiger partial charge >= 0.3 is 5.97 Å². The summed E-state index contributed by atoms with van der Waals surface area (Å²) < 4.78 is 5.49. The van der Waals surface area contributed by atoms with Gasteiger partial charge in [0.1, 0.15) is 12.1 Å². The van der Waals surface area contributed by atoms with E-state index in [9.17, 15) is 14.7 Å². The second-order valence-electron chi connectivity index (χ2n) is 6.42. The van der Waals surface area contributed by atoms with Crippen LogP contribution >= 0.6 is 0 Å². The molecule has 2 rings (SSSR count). The zero-order valence-electron chi connectivity index (χ0n) is 11.9. The van der Waals surface area contributed by atoms with Gasteiger partial charge in [0.2, 0.25) is 0 Å². The number of nitrogens with zero attached hydrogens (tertiary/aromatic N) is 1. The third kappa shape index (κ3) is 2.61. The Bertz CT molecular complexity index is 380. The molecule has 108 valence electrons. The van der Waals surface area contributed by atoms with Gasteiger partial charge in [0.15, 0.2) is 0 Å². The number of carboxylic acid groups (broad SMARTS) is 1. The van der Waals surface area contributed by atoms with E-state index in [2.05, 4.69) is 0 Å². The Morgan fingerprint density at radius 3 is 2.58 bits per heavy atom. The molecule has 2 aliphatic rings. The highest BCUT2D eigenvalue weighted by molar-refractivity contribution is 5.87. The van der Waals surface area contributed by atoms with E-state index >= 15 is 0 Å². The lowest BCUT2D eigenvalue weighted by Gasteiger charge is -2.44. The van der Waals surface area contributed by atoms with Crippen LogP contribution in [0.25, 0.3) is 0 Å². The Morgan fingerprint density at radius 1 is 1.37 bits per heavy atom. The summed E-state index contributed by atoms with van der Waals surface area (Å²) in [6.07, 6.45) is 2.08. The highest BCUT2D eigenvalue weighted by Crippen LogP contribution is 2.36. The first kappa shape index (κ1) is 14.3. The number of carbonyl (C=O) groups is 2. The first-order valence-corrected chi connectivity index (χ1v) is 6.99. The van der Waals surface area contributed by atoms with Crippen LogP contribution in [0.15, 0.2) is 0 Å². The molecule has 19 heavy (non-hydrogen) atoms. The summed E-state index contributed by atoms with van der Waals surface area (Å²) in [6.45, 7) is 6.94. The highest BCUT2D eigenvalue weighted by Gasteiger charge is 2.47. The number of ether oxygens (including phenoxy) is 1. The van der Waals surface area contributed by atoms with E-state index in [1.54, 1.807) is 0 Å². The van der Waals surface area contributed by atoms with Crippen LogP contribution in [0.4, 0.5) is 0 Å². The molecule has 3 unspecified atom stereocenters. The predicted molar refractivity (Wildman–Crippen MR) is 69.7 cm³/mol. The summed E-state index contributed by atoms with van der Waals surface area (Å²) in [5.74, 6) is -0.888. The molecule has 0 spiro atoms. The van der Waals surface area contributed by atoms with E-state index < -0.39 is 18.1 Å². The van der Waals surface area contributed by atoms with Crippen molar-refractivity contribution in [2.45, 2.75) is 52.2 Å². The summed E-state index contributed by atoms with van der Waals surface area (Å²) >= 11 is 0. The Balaban J connectivity index is 2.21. The monoisotopic (exact) mass is 269 g/mol. The molecule has 0 radical (unpaired) electrons. The Hall–Kier alpha value is -1.10. The van der Waals surface area contributed by atoms with Crippen LogP contribution in [0.3, 0.4) is 0 Å². The molecular weight excluding hydrogens is 246 g/mol. The minimum absolute atomic E-state index is 0.148. The van der Waals surface area contributed by atoms with Gasteiger partial charge in [-0.1, -0.05) is 20.8 Å². The van der Waals surface area contributed by atoms with Crippen LogP contribution in [0.1, 0.15) is 40.0 Å². The van der Waals surface area contributed by atoms with Gasteiger partial charge in [0, 0.05) is 13.2 Å². The number of rotatable bonds is 2. The Morgan fingerprint density at radius 2 is 2.05 bits per heavy atom. The molecular formula is C14H23NO4. The lowest BCUT2D eigenvalue weighted by Crippen LogP contribution is -2.58. The fourth-order valence-electron chi connectivity index (χ4n) is 3.27. The molecule has 2 aliphatic heterocycles. The number of amides is 1. The van der Waals surface area contributed by atoms with Gasteiger partial charge in [-0.3, -0.25) is 4.79 Å². The molecule has 0 aliphatic carbocycles. The van der Waals surface area contributed by atoms with Gasteiger partial charge in [-0.2, -0.15) is 0 Å². The largest absolute Gasteiger partial charge is 0.480 e. The highest BCUT2D eigenvalue weighted by atomic mass is 16.5. The number of carbonyl (C=O) groups excluding carboxylic acids is 1. The summed E-state index contributed by atoms with van der Waals surface area (Å²) in [5, 5.41) is 9.47. The molecule has 0 aromatic rings. The number of hydrogen-bond donors (Lipinski definition) is 1. The summed E-state index contributed by atoms with van der Waals surface area (Å²) in [4.78, 5) is 25.6. The molecule has 0 aromatic carbocycles. The van der Waals surface area contributed by atoms with E-state index in [4.69, 9.17) is 4.74 Å². The van der Waals surface area contributed by atoms with E-state index in [0.717, 1.165) is 19.3 Å². The Labute approximate surface area is 113 Å². The molecule has 2 fully saturated rings. The average Bonchev–Trinajstić information content (AvgIpc) is 2.72. The maximum Gasteiger partial charge on any atom is 0.326 e. The molecule has 0 saturated carbocycles. The minimum atomic E-state index is -0.913. The van der Waals surface area contributed by atoms with Crippen LogP contribution in [-0.4, -0.2) is 47.2 Å². The van der Waals surface area contributed by atoms with Gasteiger partial charge in [-0.15, -0.1) is 0 Å². The third-order valence-corrected chi connectivity index (χ3v) is 4.42. The number of hydrogen-bond acceptors (Lipinski definition) is 3. The van der Waals surface area contributed by atoms with E-state index in [1.165, 1.54) is 4.90 Å². The summed E-state index contributed by atoms with van der Waals surface area (Å²) in [5.41, 5.74) is -0.387. The first-order valence-electron chi connectivity index (χ1n) is 6.99. The van der Waals surface area contributed by atoms with Crippen LogP contribution in [0.2, 0.25) is 0 Å². The van der Waals surface area contributed by atoms with Gasteiger partial charge in [0.05, 0.1) is 0 Å². The summed E-state index contributed by atoms with van der Waals surface area (Å²) in [6, 6.07) is -0.745. The molecule has 3 atom stereocenters. The minimum Gasteiger partial charge on any atom is -0.480 e. The zero-order valence-corrected chi connectivity index (χ0v) is 11.9. The first-order chi connectivity index (χ1) is 8.84. The molecule has 1 amide bonds. The number of aliphatic carboxylic acids is 1. The van der Waals surface area contributed by atoms with Crippen LogP contribution < -0.4 is 0 Å². The molecule has 0 aromatic heterocycles. The molecule has 5 nitrogen and oxygen atoms in total. The van der Waals surface area contributed by atoms with Crippen LogP contribution in [0, 0.1) is 11.3 Å². The SMILES string of the molecule is CC1CCOC1C(=O)N1CCCC(C)(C)C1C(=O)O. The maximum atomic E-state index is 12.6. The lowest BCUT2D eigenvalue weighted by molar-refractivity contribution is -0.164. The molecule has 2 saturated heterocycles. The van der Waals surface area contributed by atoms with Crippen molar-refractivity contribution in [1.82, 2.24) is 4.90 Å². The van der Waals surface area contributed by atoms with Gasteiger partial charge in [0.25, 0.3) is 5.91 Å². The quantitative estimate of drug-likeness (QED) is 0.825. The second kappa shape index (κ2) is 5.12. The Kier molecular flexibility index (Phi) is 3.85. The van der Waals surface area contributed by atoms with E-state index in [0.29, 0.717) is 13.2 Å². The van der Waals surface area contributed by atoms with Crippen molar-refractivity contribution in [2.75, 3.05) is 13.2 Å². The van der Waals surface area contributed by atoms with Crippen LogP contribution in [0.5, 0.6) is 0 Å². The van der Waals surface area contributed by atoms with Crippen molar-refractivity contribution in [3.8, 4) is 0 Å². The van der Waals surface area contributed by atoms with Crippen molar-refractivity contribution < 1.29 is 19.4 Å². The second-order valence-corrected chi connectivity index (χ2v) is 6.42. The lowest BCUT2D eigenvalue weighted by atomic mass is 9.76. The normalized spacial score (nSPS) is 34.3.